The lowest BCUT2D eigenvalue weighted by Gasteiger charge is -2.12. The van der Waals surface area contributed by atoms with E-state index < -0.39 is 11.9 Å². The van der Waals surface area contributed by atoms with Gasteiger partial charge in [-0.1, -0.05) is 41.9 Å². The molecule has 2 rings (SSSR count). The van der Waals surface area contributed by atoms with E-state index in [4.69, 9.17) is 11.6 Å². The van der Waals surface area contributed by atoms with E-state index in [1.54, 1.807) is 48.5 Å². The summed E-state index contributed by atoms with van der Waals surface area (Å²) in [6.07, 6.45) is -0.0685. The molecule has 4 heteroatoms. The van der Waals surface area contributed by atoms with Crippen molar-refractivity contribution in [3.8, 4) is 0 Å². The number of Topliss-reactive ketones (excluding diaryl/α,β-unsaturated/α-hetero) is 1. The van der Waals surface area contributed by atoms with Gasteiger partial charge >= 0.3 is 5.97 Å². The molecule has 0 amide bonds. The van der Waals surface area contributed by atoms with Gasteiger partial charge in [-0.15, -0.1) is 0 Å². The first-order valence-corrected chi connectivity index (χ1v) is 6.52. The van der Waals surface area contributed by atoms with Gasteiger partial charge in [-0.05, 0) is 29.8 Å². The summed E-state index contributed by atoms with van der Waals surface area (Å²) in [5.41, 5.74) is 1.10. The maximum atomic E-state index is 12.1. The fourth-order valence-corrected chi connectivity index (χ4v) is 2.10. The van der Waals surface area contributed by atoms with Gasteiger partial charge in [0.05, 0.1) is 5.92 Å². The van der Waals surface area contributed by atoms with E-state index in [1.807, 2.05) is 6.07 Å². The molecule has 0 aliphatic carbocycles. The minimum Gasteiger partial charge on any atom is -0.481 e. The van der Waals surface area contributed by atoms with E-state index in [2.05, 4.69) is 0 Å². The smallest absolute Gasteiger partial charge is 0.311 e. The first-order valence-electron chi connectivity index (χ1n) is 6.14. The molecule has 1 unspecified atom stereocenters. The molecule has 1 atom stereocenters. The van der Waals surface area contributed by atoms with Crippen molar-refractivity contribution in [2.45, 2.75) is 12.3 Å². The number of hydrogen-bond donors (Lipinski definition) is 1. The van der Waals surface area contributed by atoms with Crippen LogP contribution in [0.1, 0.15) is 28.3 Å². The van der Waals surface area contributed by atoms with Crippen molar-refractivity contribution in [2.75, 3.05) is 0 Å². The van der Waals surface area contributed by atoms with Gasteiger partial charge in [0.1, 0.15) is 0 Å². The number of carboxylic acid groups (broad SMARTS) is 1. The van der Waals surface area contributed by atoms with Crippen LogP contribution in [0.3, 0.4) is 0 Å². The van der Waals surface area contributed by atoms with E-state index in [9.17, 15) is 14.7 Å². The van der Waals surface area contributed by atoms with Crippen molar-refractivity contribution >= 4 is 23.4 Å². The van der Waals surface area contributed by atoms with Crippen LogP contribution in [0.5, 0.6) is 0 Å². The summed E-state index contributed by atoms with van der Waals surface area (Å²) < 4.78 is 0. The lowest BCUT2D eigenvalue weighted by molar-refractivity contribution is -0.138. The Labute approximate surface area is 121 Å². The van der Waals surface area contributed by atoms with Crippen LogP contribution in [-0.4, -0.2) is 16.9 Å². The standard InChI is InChI=1S/C16H13ClO3/c17-13-8-6-12(7-9-13)15(18)10-14(16(19)20)11-4-2-1-3-5-11/h1-9,14H,10H2,(H,19,20). The Morgan fingerprint density at radius 1 is 1.00 bits per heavy atom. The minimum absolute atomic E-state index is 0.0685. The third kappa shape index (κ3) is 3.45. The summed E-state index contributed by atoms with van der Waals surface area (Å²) in [5.74, 6) is -2.05. The maximum Gasteiger partial charge on any atom is 0.311 e. The van der Waals surface area contributed by atoms with Crippen molar-refractivity contribution in [2.24, 2.45) is 0 Å². The van der Waals surface area contributed by atoms with Gasteiger partial charge in [0.15, 0.2) is 5.78 Å². The zero-order valence-electron chi connectivity index (χ0n) is 10.6. The van der Waals surface area contributed by atoms with Crippen LogP contribution < -0.4 is 0 Å². The van der Waals surface area contributed by atoms with Crippen molar-refractivity contribution in [3.05, 3.63) is 70.7 Å². The molecule has 0 spiro atoms. The normalized spacial score (nSPS) is 11.8. The number of aliphatic carboxylic acids is 1. The van der Waals surface area contributed by atoms with Crippen LogP contribution in [-0.2, 0) is 4.79 Å². The first-order chi connectivity index (χ1) is 9.58. The van der Waals surface area contributed by atoms with Gasteiger partial charge in [0.2, 0.25) is 0 Å². The summed E-state index contributed by atoms with van der Waals surface area (Å²) >= 11 is 5.76. The first kappa shape index (κ1) is 14.3. The zero-order chi connectivity index (χ0) is 14.5. The number of carbonyl (C=O) groups excluding carboxylic acids is 1. The molecule has 0 heterocycles. The molecule has 0 aromatic heterocycles. The molecule has 102 valence electrons. The third-order valence-electron chi connectivity index (χ3n) is 3.06. The zero-order valence-corrected chi connectivity index (χ0v) is 11.4. The van der Waals surface area contributed by atoms with Gasteiger partial charge in [0.25, 0.3) is 0 Å². The SMILES string of the molecule is O=C(CC(C(=O)O)c1ccccc1)c1ccc(Cl)cc1. The molecule has 0 saturated heterocycles. The highest BCUT2D eigenvalue weighted by molar-refractivity contribution is 6.30. The highest BCUT2D eigenvalue weighted by atomic mass is 35.5. The summed E-state index contributed by atoms with van der Waals surface area (Å²) in [7, 11) is 0. The van der Waals surface area contributed by atoms with Crippen LogP contribution in [0, 0.1) is 0 Å². The molecule has 1 N–H and O–H groups in total. The molecule has 0 saturated carbocycles. The number of ketones is 1. The lowest BCUT2D eigenvalue weighted by Crippen LogP contribution is -2.16. The minimum atomic E-state index is -1.00. The molecular formula is C16H13ClO3. The van der Waals surface area contributed by atoms with Gasteiger partial charge in [0, 0.05) is 17.0 Å². The monoisotopic (exact) mass is 288 g/mol. The number of hydrogen-bond acceptors (Lipinski definition) is 2. The highest BCUT2D eigenvalue weighted by Gasteiger charge is 2.23. The van der Waals surface area contributed by atoms with Gasteiger partial charge in [-0.2, -0.15) is 0 Å². The molecule has 0 radical (unpaired) electrons. The molecule has 20 heavy (non-hydrogen) atoms. The summed E-state index contributed by atoms with van der Waals surface area (Å²) in [6, 6.07) is 15.2. The summed E-state index contributed by atoms with van der Waals surface area (Å²) in [4.78, 5) is 23.5. The van der Waals surface area contributed by atoms with Crippen LogP contribution in [0.4, 0.5) is 0 Å². The van der Waals surface area contributed by atoms with E-state index in [1.165, 1.54) is 0 Å². The Morgan fingerprint density at radius 3 is 2.15 bits per heavy atom. The van der Waals surface area contributed by atoms with E-state index >= 15 is 0 Å². The summed E-state index contributed by atoms with van der Waals surface area (Å²) in [5, 5.41) is 9.83. The van der Waals surface area contributed by atoms with E-state index in [0.717, 1.165) is 0 Å². The number of benzene rings is 2. The van der Waals surface area contributed by atoms with Gasteiger partial charge in [-0.25, -0.2) is 0 Å². The second-order valence-electron chi connectivity index (χ2n) is 4.44. The molecule has 2 aromatic rings. The molecule has 0 bridgehead atoms. The van der Waals surface area contributed by atoms with Crippen molar-refractivity contribution in [3.63, 3.8) is 0 Å². The second kappa shape index (κ2) is 6.35. The van der Waals surface area contributed by atoms with Crippen molar-refractivity contribution in [1.29, 1.82) is 0 Å². The number of carboxylic acids is 1. The Morgan fingerprint density at radius 2 is 1.60 bits per heavy atom. The number of rotatable bonds is 5. The topological polar surface area (TPSA) is 54.4 Å². The fraction of sp³-hybridized carbons (Fsp3) is 0.125. The van der Waals surface area contributed by atoms with Crippen LogP contribution >= 0.6 is 11.6 Å². The Bertz CT molecular complexity index is 605. The fourth-order valence-electron chi connectivity index (χ4n) is 1.97. The average Bonchev–Trinajstić information content (AvgIpc) is 2.46. The van der Waals surface area contributed by atoms with Gasteiger partial charge in [-0.3, -0.25) is 9.59 Å². The predicted octanol–water partition coefficient (Wildman–Crippen LogP) is 3.78. The van der Waals surface area contributed by atoms with E-state index in [-0.39, 0.29) is 12.2 Å². The number of carbonyl (C=O) groups is 2. The molecular weight excluding hydrogens is 276 g/mol. The largest absolute Gasteiger partial charge is 0.481 e. The summed E-state index contributed by atoms with van der Waals surface area (Å²) in [6.45, 7) is 0. The molecule has 0 aliphatic heterocycles. The molecule has 2 aromatic carbocycles. The highest BCUT2D eigenvalue weighted by Crippen LogP contribution is 2.22. The maximum absolute atomic E-state index is 12.1. The van der Waals surface area contributed by atoms with E-state index in [0.29, 0.717) is 16.1 Å². The lowest BCUT2D eigenvalue weighted by atomic mass is 9.92. The van der Waals surface area contributed by atoms with Crippen LogP contribution in [0.15, 0.2) is 54.6 Å². The number of halogens is 1. The van der Waals surface area contributed by atoms with Crippen molar-refractivity contribution < 1.29 is 14.7 Å². The van der Waals surface area contributed by atoms with Crippen molar-refractivity contribution in [1.82, 2.24) is 0 Å². The molecule has 3 nitrogen and oxygen atoms in total. The van der Waals surface area contributed by atoms with Crippen LogP contribution in [0.2, 0.25) is 5.02 Å². The van der Waals surface area contributed by atoms with Gasteiger partial charge < -0.3 is 5.11 Å². The van der Waals surface area contributed by atoms with Crippen LogP contribution in [0.25, 0.3) is 0 Å². The Balaban J connectivity index is 2.19. The second-order valence-corrected chi connectivity index (χ2v) is 4.87. The quantitative estimate of drug-likeness (QED) is 0.852. The Hall–Kier alpha value is -2.13. The molecule has 0 fully saturated rings. The average molecular weight is 289 g/mol. The Kier molecular flexibility index (Phi) is 4.53. The molecule has 0 aliphatic rings. The predicted molar refractivity (Wildman–Crippen MR) is 77.2 cm³/mol. The third-order valence-corrected chi connectivity index (χ3v) is 3.31.